The smallest absolute Gasteiger partial charge is 0.323 e. The van der Waals surface area contributed by atoms with Gasteiger partial charge in [-0.1, -0.05) is 0 Å². The number of carbonyl (C=O) groups is 4. The minimum absolute atomic E-state index is 0.331. The molecule has 0 aromatic carbocycles. The molecule has 2 atom stereocenters. The number of rotatable bonds is 9. The van der Waals surface area contributed by atoms with Gasteiger partial charge in [0.15, 0.2) is 0 Å². The van der Waals surface area contributed by atoms with Gasteiger partial charge in [0.05, 0.1) is 12.3 Å². The summed E-state index contributed by atoms with van der Waals surface area (Å²) < 4.78 is 0. The van der Waals surface area contributed by atoms with E-state index in [0.717, 1.165) is 0 Å². The molecule has 0 saturated heterocycles. The molecule has 2 unspecified atom stereocenters. The van der Waals surface area contributed by atoms with E-state index >= 15 is 0 Å². The molecule has 0 aliphatic rings. The zero-order valence-electron chi connectivity index (χ0n) is 10.0. The van der Waals surface area contributed by atoms with Gasteiger partial charge in [0.2, 0.25) is 5.91 Å². The molecule has 0 aliphatic carbocycles. The molecule has 0 fully saturated rings. The molecular formula is C10H16N2O7. The highest BCUT2D eigenvalue weighted by Crippen LogP contribution is 2.23. The summed E-state index contributed by atoms with van der Waals surface area (Å²) in [7, 11) is 0. The molecule has 0 spiro atoms. The largest absolute Gasteiger partial charge is 0.481 e. The summed E-state index contributed by atoms with van der Waals surface area (Å²) in [5.74, 6) is -6.58. The van der Waals surface area contributed by atoms with Crippen molar-refractivity contribution in [2.24, 2.45) is 17.4 Å². The Kier molecular flexibility index (Phi) is 5.93. The predicted molar refractivity (Wildman–Crippen MR) is 61.0 cm³/mol. The molecule has 9 nitrogen and oxygen atoms in total. The van der Waals surface area contributed by atoms with E-state index in [1.807, 2.05) is 0 Å². The van der Waals surface area contributed by atoms with Crippen LogP contribution in [0.15, 0.2) is 0 Å². The van der Waals surface area contributed by atoms with Crippen LogP contribution in [0.25, 0.3) is 0 Å². The second-order valence-electron chi connectivity index (χ2n) is 4.26. The molecule has 108 valence electrons. The third kappa shape index (κ3) is 5.82. The molecule has 0 radical (unpaired) electrons. The Balaban J connectivity index is 4.96. The van der Waals surface area contributed by atoms with E-state index < -0.39 is 48.1 Å². The average Bonchev–Trinajstić information content (AvgIpc) is 2.24. The first-order chi connectivity index (χ1) is 8.58. The van der Waals surface area contributed by atoms with Crippen molar-refractivity contribution in [3.05, 3.63) is 0 Å². The first-order valence-electron chi connectivity index (χ1n) is 5.33. The molecule has 19 heavy (non-hydrogen) atoms. The fourth-order valence-electron chi connectivity index (χ4n) is 1.54. The van der Waals surface area contributed by atoms with Crippen LogP contribution < -0.4 is 11.5 Å². The highest BCUT2D eigenvalue weighted by Gasteiger charge is 2.39. The van der Waals surface area contributed by atoms with Crippen LogP contribution in [0.1, 0.15) is 25.7 Å². The van der Waals surface area contributed by atoms with Crippen molar-refractivity contribution in [1.29, 1.82) is 0 Å². The van der Waals surface area contributed by atoms with Crippen molar-refractivity contribution >= 4 is 23.8 Å². The maximum Gasteiger partial charge on any atom is 0.323 e. The second-order valence-corrected chi connectivity index (χ2v) is 4.26. The zero-order chi connectivity index (χ0) is 15.2. The fraction of sp³-hybridized carbons (Fsp3) is 0.600. The number of carboxylic acids is 3. The van der Waals surface area contributed by atoms with E-state index in [2.05, 4.69) is 0 Å². The van der Waals surface area contributed by atoms with Crippen LogP contribution in [-0.4, -0.2) is 44.7 Å². The van der Waals surface area contributed by atoms with Gasteiger partial charge in [-0.2, -0.15) is 0 Å². The molecule has 0 aromatic rings. The van der Waals surface area contributed by atoms with Crippen molar-refractivity contribution in [2.45, 2.75) is 31.2 Å². The summed E-state index contributed by atoms with van der Waals surface area (Å²) in [6, 6.07) is 0. The predicted octanol–water partition coefficient (Wildman–Crippen LogP) is -1.40. The van der Waals surface area contributed by atoms with E-state index in [0.29, 0.717) is 0 Å². The van der Waals surface area contributed by atoms with Gasteiger partial charge in [0, 0.05) is 6.42 Å². The maximum absolute atomic E-state index is 11.1. The number of carboxylic acid groups (broad SMARTS) is 3. The summed E-state index contributed by atoms with van der Waals surface area (Å²) in [4.78, 5) is 43.1. The number of primary amides is 1. The molecule has 0 saturated carbocycles. The van der Waals surface area contributed by atoms with Gasteiger partial charge in [-0.15, -0.1) is 0 Å². The van der Waals surface area contributed by atoms with E-state index in [1.165, 1.54) is 0 Å². The molecule has 9 heteroatoms. The lowest BCUT2D eigenvalue weighted by Gasteiger charge is -2.26. The number of nitrogens with two attached hydrogens (primary N) is 2. The average molecular weight is 276 g/mol. The van der Waals surface area contributed by atoms with Crippen LogP contribution in [0.4, 0.5) is 0 Å². The normalized spacial score (nSPS) is 15.2. The van der Waals surface area contributed by atoms with Crippen molar-refractivity contribution in [2.75, 3.05) is 0 Å². The monoisotopic (exact) mass is 276 g/mol. The number of hydrogen-bond acceptors (Lipinski definition) is 5. The summed E-state index contributed by atoms with van der Waals surface area (Å²) in [5, 5.41) is 26.4. The summed E-state index contributed by atoms with van der Waals surface area (Å²) >= 11 is 0. The number of aliphatic carboxylic acids is 3. The van der Waals surface area contributed by atoms with Crippen LogP contribution in [-0.2, 0) is 19.2 Å². The minimum atomic E-state index is -2.01. The molecule has 0 rings (SSSR count). The van der Waals surface area contributed by atoms with E-state index in [9.17, 15) is 19.2 Å². The van der Waals surface area contributed by atoms with Crippen LogP contribution in [0.2, 0.25) is 0 Å². The van der Waals surface area contributed by atoms with Crippen molar-refractivity contribution < 1.29 is 34.5 Å². The number of hydrogen-bond donors (Lipinski definition) is 5. The Hall–Kier alpha value is -2.16. The van der Waals surface area contributed by atoms with Gasteiger partial charge in [0.25, 0.3) is 0 Å². The Morgan fingerprint density at radius 2 is 1.63 bits per heavy atom. The highest BCUT2D eigenvalue weighted by molar-refractivity contribution is 5.83. The molecule has 7 N–H and O–H groups in total. The first-order valence-corrected chi connectivity index (χ1v) is 5.33. The number of amides is 1. The molecule has 0 aliphatic heterocycles. The second kappa shape index (κ2) is 6.69. The lowest BCUT2D eigenvalue weighted by atomic mass is 9.83. The quantitative estimate of drug-likeness (QED) is 0.340. The van der Waals surface area contributed by atoms with Gasteiger partial charge < -0.3 is 26.8 Å². The van der Waals surface area contributed by atoms with Crippen LogP contribution in [0.5, 0.6) is 0 Å². The van der Waals surface area contributed by atoms with E-state index in [1.54, 1.807) is 0 Å². The summed E-state index contributed by atoms with van der Waals surface area (Å²) in [5.41, 5.74) is 8.41. The lowest BCUT2D eigenvalue weighted by Crippen LogP contribution is -2.51. The highest BCUT2D eigenvalue weighted by atomic mass is 16.4. The lowest BCUT2D eigenvalue weighted by molar-refractivity contribution is -0.152. The summed E-state index contributed by atoms with van der Waals surface area (Å²) in [6.45, 7) is 0. The number of carbonyl (C=O) groups excluding carboxylic acids is 1. The van der Waals surface area contributed by atoms with Crippen LogP contribution in [0.3, 0.4) is 0 Å². The molecule has 0 bridgehead atoms. The van der Waals surface area contributed by atoms with Crippen LogP contribution in [0, 0.1) is 5.92 Å². The third-order valence-corrected chi connectivity index (χ3v) is 2.62. The van der Waals surface area contributed by atoms with Crippen molar-refractivity contribution in [3.8, 4) is 0 Å². The maximum atomic E-state index is 11.1. The Morgan fingerprint density at radius 3 is 1.95 bits per heavy atom. The van der Waals surface area contributed by atoms with E-state index in [4.69, 9.17) is 26.8 Å². The Bertz CT molecular complexity index is 395. The van der Waals surface area contributed by atoms with Gasteiger partial charge in [-0.05, 0) is 12.8 Å². The van der Waals surface area contributed by atoms with Gasteiger partial charge >= 0.3 is 17.9 Å². The van der Waals surface area contributed by atoms with Gasteiger partial charge in [0.1, 0.15) is 5.54 Å². The summed E-state index contributed by atoms with van der Waals surface area (Å²) in [6.07, 6.45) is -2.04. The standard InChI is InChI=1S/C10H16N2O7/c11-6(13)1-2-10(12,9(18)19)4-5(8(16)17)3-7(14)15/h5H,1-4,12H2,(H2,11,13)(H,14,15)(H,16,17)(H,18,19). The Morgan fingerprint density at radius 1 is 1.11 bits per heavy atom. The molecule has 0 heterocycles. The van der Waals surface area contributed by atoms with Crippen molar-refractivity contribution in [3.63, 3.8) is 0 Å². The molecule has 1 amide bonds. The van der Waals surface area contributed by atoms with Crippen molar-refractivity contribution in [1.82, 2.24) is 0 Å². The molecule has 0 aromatic heterocycles. The molecular weight excluding hydrogens is 260 g/mol. The topological polar surface area (TPSA) is 181 Å². The Labute approximate surface area is 108 Å². The fourth-order valence-corrected chi connectivity index (χ4v) is 1.54. The zero-order valence-corrected chi connectivity index (χ0v) is 10.0. The van der Waals surface area contributed by atoms with Gasteiger partial charge in [-0.3, -0.25) is 19.2 Å². The van der Waals surface area contributed by atoms with E-state index in [-0.39, 0.29) is 12.8 Å². The SMILES string of the molecule is NC(=O)CCC(N)(CC(CC(=O)O)C(=O)O)C(=O)O. The minimum Gasteiger partial charge on any atom is -0.481 e. The first kappa shape index (κ1) is 16.8. The third-order valence-electron chi connectivity index (χ3n) is 2.62. The van der Waals surface area contributed by atoms with Crippen LogP contribution >= 0.6 is 0 Å². The van der Waals surface area contributed by atoms with Gasteiger partial charge in [-0.25, -0.2) is 0 Å².